The van der Waals surface area contributed by atoms with E-state index in [1.165, 1.54) is 11.0 Å². The molecule has 0 radical (unpaired) electrons. The fraction of sp³-hybridized carbons (Fsp3) is 0.167. The van der Waals surface area contributed by atoms with E-state index >= 15 is 0 Å². The van der Waals surface area contributed by atoms with E-state index in [9.17, 15) is 19.1 Å². The maximum absolute atomic E-state index is 14.8. The van der Waals surface area contributed by atoms with E-state index in [0.29, 0.717) is 64.1 Å². The number of aliphatic carboxylic acids is 1. The number of rotatable bonds is 5. The molecule has 6 rings (SSSR count). The van der Waals surface area contributed by atoms with Gasteiger partial charge in [0.15, 0.2) is 0 Å². The third kappa shape index (κ3) is 4.80. The molecule has 1 saturated heterocycles. The third-order valence-corrected chi connectivity index (χ3v) is 7.31. The number of nitrogens with one attached hydrogen (secondary N) is 1. The van der Waals surface area contributed by atoms with Gasteiger partial charge >= 0.3 is 5.97 Å². The van der Waals surface area contributed by atoms with E-state index in [1.54, 1.807) is 60.8 Å². The van der Waals surface area contributed by atoms with E-state index in [-0.39, 0.29) is 18.3 Å². The van der Waals surface area contributed by atoms with Crippen LogP contribution in [0.3, 0.4) is 0 Å². The number of carbonyl (C=O) groups excluding carboxylic acids is 1. The summed E-state index contributed by atoms with van der Waals surface area (Å²) in [7, 11) is 0. The van der Waals surface area contributed by atoms with Gasteiger partial charge in [-0.1, -0.05) is 29.8 Å². The van der Waals surface area contributed by atoms with Gasteiger partial charge in [0.05, 0.1) is 18.0 Å². The van der Waals surface area contributed by atoms with Crippen LogP contribution >= 0.6 is 11.6 Å². The molecule has 1 atom stereocenters. The van der Waals surface area contributed by atoms with Gasteiger partial charge in [-0.15, -0.1) is 0 Å². The maximum Gasteiger partial charge on any atom is 0.326 e. The number of amides is 1. The minimum absolute atomic E-state index is 0.260. The number of aromatic nitrogens is 2. The molecule has 200 valence electrons. The molecule has 2 aliphatic heterocycles. The molecular weight excluding hydrogens is 533 g/mol. The number of carboxylic acids is 1. The molecule has 3 aromatic carbocycles. The molecule has 0 aliphatic carbocycles. The number of hydrogen-bond donors (Lipinski definition) is 2. The van der Waals surface area contributed by atoms with Crippen molar-refractivity contribution in [3.05, 3.63) is 106 Å². The predicted octanol–water partition coefficient (Wildman–Crippen LogP) is 5.72. The molecule has 8 nitrogen and oxygen atoms in total. The summed E-state index contributed by atoms with van der Waals surface area (Å²) in [5, 5.41) is 13.1. The van der Waals surface area contributed by atoms with Crippen molar-refractivity contribution in [2.75, 3.05) is 11.9 Å². The second kappa shape index (κ2) is 10.5. The van der Waals surface area contributed by atoms with E-state index in [1.807, 2.05) is 6.07 Å². The van der Waals surface area contributed by atoms with Gasteiger partial charge in [-0.3, -0.25) is 9.79 Å². The zero-order valence-electron chi connectivity index (χ0n) is 21.1. The van der Waals surface area contributed by atoms with Crippen molar-refractivity contribution in [1.82, 2.24) is 14.9 Å². The van der Waals surface area contributed by atoms with Crippen molar-refractivity contribution >= 4 is 40.8 Å². The summed E-state index contributed by atoms with van der Waals surface area (Å²) in [6.07, 6.45) is 2.81. The summed E-state index contributed by atoms with van der Waals surface area (Å²) in [6.45, 7) is 0.685. The van der Waals surface area contributed by atoms with Crippen LogP contribution < -0.4 is 5.32 Å². The lowest BCUT2D eigenvalue weighted by Gasteiger charge is -2.21. The lowest BCUT2D eigenvalue weighted by atomic mass is 9.95. The molecule has 40 heavy (non-hydrogen) atoms. The van der Waals surface area contributed by atoms with Gasteiger partial charge in [0.25, 0.3) is 5.91 Å². The van der Waals surface area contributed by atoms with Crippen LogP contribution in [0.1, 0.15) is 39.9 Å². The Bertz CT molecular complexity index is 1670. The highest BCUT2D eigenvalue weighted by atomic mass is 35.5. The Hall–Kier alpha value is -4.63. The van der Waals surface area contributed by atoms with E-state index in [0.717, 1.165) is 11.1 Å². The Morgan fingerprint density at radius 1 is 1.02 bits per heavy atom. The number of fused-ring (bicyclic) bond motifs is 3. The van der Waals surface area contributed by atoms with Crippen LogP contribution in [0, 0.1) is 5.82 Å². The second-order valence-corrected chi connectivity index (χ2v) is 10.0. The Morgan fingerprint density at radius 2 is 1.82 bits per heavy atom. The van der Waals surface area contributed by atoms with Gasteiger partial charge < -0.3 is 15.3 Å². The summed E-state index contributed by atoms with van der Waals surface area (Å²) in [5.41, 5.74) is 4.79. The smallest absolute Gasteiger partial charge is 0.326 e. The molecular formula is C30H23ClFN5O3. The summed E-state index contributed by atoms with van der Waals surface area (Å²) >= 11 is 6.34. The third-order valence-electron chi connectivity index (χ3n) is 7.08. The van der Waals surface area contributed by atoms with Crippen molar-refractivity contribution < 1.29 is 19.1 Å². The number of nitrogens with zero attached hydrogens (tertiary/aromatic N) is 4. The summed E-state index contributed by atoms with van der Waals surface area (Å²) in [6, 6.07) is 17.8. The molecule has 0 bridgehead atoms. The molecule has 0 saturated carbocycles. The minimum atomic E-state index is -0.986. The number of carbonyl (C=O) groups is 2. The SMILES string of the molecule is O=C(O)[C@@H]1CCCN1C(=O)c1ccc(Nc2ncc3c(n2)-c2ccc(Cl)cc2C(c2ccccc2F)=NC3)cc1. The Labute approximate surface area is 234 Å². The molecule has 0 unspecified atom stereocenters. The number of benzene rings is 3. The first-order chi connectivity index (χ1) is 19.4. The lowest BCUT2D eigenvalue weighted by molar-refractivity contribution is -0.141. The van der Waals surface area contributed by atoms with Crippen molar-refractivity contribution in [2.45, 2.75) is 25.4 Å². The normalized spacial score (nSPS) is 16.0. The first-order valence-corrected chi connectivity index (χ1v) is 13.1. The van der Waals surface area contributed by atoms with Crippen molar-refractivity contribution in [3.8, 4) is 11.3 Å². The van der Waals surface area contributed by atoms with Crippen LogP contribution in [0.2, 0.25) is 5.02 Å². The Morgan fingerprint density at radius 3 is 2.60 bits per heavy atom. The van der Waals surface area contributed by atoms with Crippen LogP contribution in [0.25, 0.3) is 11.3 Å². The Kier molecular flexibility index (Phi) is 6.73. The Balaban J connectivity index is 1.28. The molecule has 1 aromatic heterocycles. The molecule has 1 amide bonds. The maximum atomic E-state index is 14.8. The topological polar surface area (TPSA) is 108 Å². The van der Waals surface area contributed by atoms with Crippen LogP contribution in [-0.2, 0) is 11.3 Å². The zero-order chi connectivity index (χ0) is 27.8. The summed E-state index contributed by atoms with van der Waals surface area (Å²) in [4.78, 5) is 39.7. The zero-order valence-corrected chi connectivity index (χ0v) is 21.9. The molecule has 10 heteroatoms. The molecule has 4 aromatic rings. The van der Waals surface area contributed by atoms with E-state index in [2.05, 4.69) is 10.3 Å². The number of aliphatic imine (C=N–C) groups is 1. The minimum Gasteiger partial charge on any atom is -0.480 e. The second-order valence-electron chi connectivity index (χ2n) is 9.60. The number of hydrogen-bond acceptors (Lipinski definition) is 6. The summed E-state index contributed by atoms with van der Waals surface area (Å²) < 4.78 is 14.8. The van der Waals surface area contributed by atoms with Crippen molar-refractivity contribution in [1.29, 1.82) is 0 Å². The highest BCUT2D eigenvalue weighted by molar-refractivity contribution is 6.31. The molecule has 3 heterocycles. The molecule has 2 aliphatic rings. The van der Waals surface area contributed by atoms with Crippen LogP contribution in [0.4, 0.5) is 16.0 Å². The highest BCUT2D eigenvalue weighted by Gasteiger charge is 2.34. The van der Waals surface area contributed by atoms with Gasteiger partial charge in [0, 0.05) is 51.3 Å². The largest absolute Gasteiger partial charge is 0.480 e. The van der Waals surface area contributed by atoms with Crippen LogP contribution in [0.15, 0.2) is 77.9 Å². The van der Waals surface area contributed by atoms with Gasteiger partial charge in [0.1, 0.15) is 11.9 Å². The van der Waals surface area contributed by atoms with Gasteiger partial charge in [-0.05, 0) is 61.4 Å². The van der Waals surface area contributed by atoms with E-state index < -0.39 is 12.0 Å². The fourth-order valence-electron chi connectivity index (χ4n) is 5.13. The average Bonchev–Trinajstić information content (AvgIpc) is 3.40. The van der Waals surface area contributed by atoms with Gasteiger partial charge in [-0.25, -0.2) is 19.2 Å². The molecule has 1 fully saturated rings. The standard InChI is InChI=1S/C30H23ClFN5O3/c31-19-9-12-21-23(14-19)27(22-4-1-2-5-24(22)32)33-15-18-16-34-30(36-26(18)21)35-20-10-7-17(8-11-20)28(38)37-13-3-6-25(37)29(39)40/h1-2,4-5,7-12,14,16,25H,3,6,13,15H2,(H,39,40)(H,34,35,36)/t25-/m0/s1. The first-order valence-electron chi connectivity index (χ1n) is 12.8. The van der Waals surface area contributed by atoms with E-state index in [4.69, 9.17) is 21.6 Å². The summed E-state index contributed by atoms with van der Waals surface area (Å²) in [5.74, 6) is -1.34. The monoisotopic (exact) mass is 555 g/mol. The van der Waals surface area contributed by atoms with Crippen molar-refractivity contribution in [2.24, 2.45) is 4.99 Å². The highest BCUT2D eigenvalue weighted by Crippen LogP contribution is 2.34. The first kappa shape index (κ1) is 25.6. The van der Waals surface area contributed by atoms with Crippen molar-refractivity contribution in [3.63, 3.8) is 0 Å². The molecule has 0 spiro atoms. The lowest BCUT2D eigenvalue weighted by Crippen LogP contribution is -2.40. The number of likely N-dealkylation sites (tertiary alicyclic amines) is 1. The number of carboxylic acid groups (broad SMARTS) is 1. The molecule has 2 N–H and O–H groups in total. The van der Waals surface area contributed by atoms with Gasteiger partial charge in [-0.2, -0.15) is 0 Å². The number of anilines is 2. The number of halogens is 2. The average molecular weight is 556 g/mol. The predicted molar refractivity (Wildman–Crippen MR) is 150 cm³/mol. The van der Waals surface area contributed by atoms with Crippen LogP contribution in [-0.4, -0.2) is 50.1 Å². The fourth-order valence-corrected chi connectivity index (χ4v) is 5.30. The quantitative estimate of drug-likeness (QED) is 0.326. The van der Waals surface area contributed by atoms with Crippen LogP contribution in [0.5, 0.6) is 0 Å². The van der Waals surface area contributed by atoms with Gasteiger partial charge in [0.2, 0.25) is 5.95 Å².